The molecule has 0 N–H and O–H groups in total. The number of ether oxygens (including phenoxy) is 2. The molecule has 2 aliphatic rings. The van der Waals surface area contributed by atoms with Gasteiger partial charge in [0.15, 0.2) is 0 Å². The van der Waals surface area contributed by atoms with Crippen LogP contribution in [0.5, 0.6) is 5.75 Å². The van der Waals surface area contributed by atoms with E-state index in [9.17, 15) is 43.9 Å². The van der Waals surface area contributed by atoms with Crippen molar-refractivity contribution in [3.05, 3.63) is 52.4 Å². The molecule has 0 aromatic heterocycles. The number of alkyl halides is 1. The SMILES string of the molecule is CC1=NOC2(O1)C(F)=C(F)C(F)(Oc1c(F)c(F)c(F)c(F)c1F)C(F)=C2F. The molecule has 1 aromatic rings. The van der Waals surface area contributed by atoms with Crippen molar-refractivity contribution in [3.63, 3.8) is 0 Å². The molecule has 28 heavy (non-hydrogen) atoms. The van der Waals surface area contributed by atoms with Crippen molar-refractivity contribution in [3.8, 4) is 5.75 Å². The monoisotopic (exact) mass is 423 g/mol. The first kappa shape index (κ1) is 19.8. The third-order valence-electron chi connectivity index (χ3n) is 3.53. The highest BCUT2D eigenvalue weighted by Crippen LogP contribution is 2.52. The summed E-state index contributed by atoms with van der Waals surface area (Å²) in [6, 6.07) is 0. The molecule has 3 rings (SSSR count). The first-order valence-corrected chi connectivity index (χ1v) is 6.82. The van der Waals surface area contributed by atoms with Crippen molar-refractivity contribution in [2.45, 2.75) is 18.6 Å². The molecular weight excluding hydrogens is 420 g/mol. The maximum atomic E-state index is 14.6. The zero-order valence-corrected chi connectivity index (χ0v) is 13.0. The van der Waals surface area contributed by atoms with Crippen LogP contribution in [0.15, 0.2) is 28.5 Å². The topological polar surface area (TPSA) is 40.0 Å². The van der Waals surface area contributed by atoms with E-state index in [1.54, 1.807) is 0 Å². The maximum Gasteiger partial charge on any atom is 0.388 e. The normalized spacial score (nSPS) is 27.2. The van der Waals surface area contributed by atoms with Crippen LogP contribution < -0.4 is 4.74 Å². The van der Waals surface area contributed by atoms with Crippen molar-refractivity contribution in [1.29, 1.82) is 0 Å². The molecule has 1 spiro atoms. The van der Waals surface area contributed by atoms with Crippen LogP contribution in [-0.4, -0.2) is 17.5 Å². The van der Waals surface area contributed by atoms with Crippen molar-refractivity contribution in [1.82, 2.24) is 0 Å². The zero-order valence-electron chi connectivity index (χ0n) is 13.0. The van der Waals surface area contributed by atoms with Crippen molar-refractivity contribution in [2.75, 3.05) is 0 Å². The van der Waals surface area contributed by atoms with E-state index in [1.807, 2.05) is 0 Å². The summed E-state index contributed by atoms with van der Waals surface area (Å²) in [6.45, 7) is 0.924. The number of halogens is 10. The predicted molar refractivity (Wildman–Crippen MR) is 67.2 cm³/mol. The van der Waals surface area contributed by atoms with Gasteiger partial charge in [0.2, 0.25) is 64.0 Å². The third-order valence-corrected chi connectivity index (χ3v) is 3.53. The van der Waals surface area contributed by atoms with Gasteiger partial charge < -0.3 is 14.3 Å². The van der Waals surface area contributed by atoms with Crippen LogP contribution in [-0.2, 0) is 9.57 Å². The molecule has 152 valence electrons. The average Bonchev–Trinajstić information content (AvgIpc) is 3.07. The number of hydrogen-bond donors (Lipinski definition) is 0. The Morgan fingerprint density at radius 3 is 1.54 bits per heavy atom. The number of hydrogen-bond acceptors (Lipinski definition) is 4. The summed E-state index contributed by atoms with van der Waals surface area (Å²) in [6.07, 6.45) is 0. The Morgan fingerprint density at radius 1 is 0.714 bits per heavy atom. The lowest BCUT2D eigenvalue weighted by molar-refractivity contribution is -0.150. The summed E-state index contributed by atoms with van der Waals surface area (Å²) in [7, 11) is 0. The quantitative estimate of drug-likeness (QED) is 0.389. The van der Waals surface area contributed by atoms with Gasteiger partial charge in [0.25, 0.3) is 0 Å². The van der Waals surface area contributed by atoms with E-state index in [4.69, 9.17) is 0 Å². The van der Waals surface area contributed by atoms with E-state index in [-0.39, 0.29) is 0 Å². The molecule has 0 amide bonds. The number of rotatable bonds is 2. The van der Waals surface area contributed by atoms with Crippen LogP contribution in [0.4, 0.5) is 43.9 Å². The minimum Gasteiger partial charge on any atom is -0.440 e. The fourth-order valence-corrected chi connectivity index (χ4v) is 2.21. The van der Waals surface area contributed by atoms with Gasteiger partial charge in [-0.15, -0.1) is 0 Å². The molecule has 1 aromatic carbocycles. The van der Waals surface area contributed by atoms with Gasteiger partial charge in [0, 0.05) is 6.92 Å². The van der Waals surface area contributed by atoms with Gasteiger partial charge in [-0.3, -0.25) is 0 Å². The van der Waals surface area contributed by atoms with E-state index >= 15 is 0 Å². The second kappa shape index (κ2) is 6.04. The Morgan fingerprint density at radius 2 is 1.14 bits per heavy atom. The van der Waals surface area contributed by atoms with E-state index in [0.29, 0.717) is 0 Å². The Hall–Kier alpha value is -2.93. The summed E-state index contributed by atoms with van der Waals surface area (Å²) in [5, 5.41) is 2.86. The Balaban J connectivity index is 2.17. The van der Waals surface area contributed by atoms with E-state index in [0.717, 1.165) is 6.92 Å². The second-order valence-electron chi connectivity index (χ2n) is 5.27. The molecule has 0 saturated heterocycles. The van der Waals surface area contributed by atoms with E-state index < -0.39 is 75.7 Å². The summed E-state index contributed by atoms with van der Waals surface area (Å²) in [4.78, 5) is 4.08. The van der Waals surface area contributed by atoms with E-state index in [1.165, 1.54) is 0 Å². The largest absolute Gasteiger partial charge is 0.440 e. The van der Waals surface area contributed by atoms with Gasteiger partial charge in [0.1, 0.15) is 0 Å². The fourth-order valence-electron chi connectivity index (χ4n) is 2.21. The summed E-state index contributed by atoms with van der Waals surface area (Å²) in [5.41, 5.74) is 0. The molecule has 0 saturated carbocycles. The smallest absolute Gasteiger partial charge is 0.388 e. The lowest BCUT2D eigenvalue weighted by Gasteiger charge is -2.32. The van der Waals surface area contributed by atoms with Crippen molar-refractivity contribution >= 4 is 5.90 Å². The zero-order chi connectivity index (χ0) is 21.2. The van der Waals surface area contributed by atoms with E-state index in [2.05, 4.69) is 19.5 Å². The molecule has 1 aliphatic carbocycles. The Kier molecular flexibility index (Phi) is 4.27. The van der Waals surface area contributed by atoms with Crippen molar-refractivity contribution < 1.29 is 58.2 Å². The standard InChI is InChI=1S/C14H3F10NO3/c1-2-25-28-14(26-2)11(22)9(20)13(24,10(21)12(14)23)27-8-6(18)4(16)3(15)5(17)7(8)19/h1H3. The van der Waals surface area contributed by atoms with Crippen LogP contribution in [0.2, 0.25) is 0 Å². The molecule has 0 fully saturated rings. The molecule has 1 heterocycles. The van der Waals surface area contributed by atoms with Gasteiger partial charge in [-0.05, 0) is 5.16 Å². The first-order chi connectivity index (χ1) is 12.9. The molecule has 0 unspecified atom stereocenters. The lowest BCUT2D eigenvalue weighted by Crippen LogP contribution is -2.46. The maximum absolute atomic E-state index is 14.6. The molecule has 14 heteroatoms. The molecule has 0 radical (unpaired) electrons. The van der Waals surface area contributed by atoms with Crippen LogP contribution >= 0.6 is 0 Å². The molecule has 4 nitrogen and oxygen atoms in total. The molecule has 0 bridgehead atoms. The third kappa shape index (κ3) is 2.36. The highest BCUT2D eigenvalue weighted by Gasteiger charge is 2.66. The van der Waals surface area contributed by atoms with Gasteiger partial charge >= 0.3 is 11.6 Å². The summed E-state index contributed by atoms with van der Waals surface area (Å²) >= 11 is 0. The number of oxime groups is 1. The summed E-state index contributed by atoms with van der Waals surface area (Å²) in [5.74, 6) is -37.1. The Bertz CT molecular complexity index is 931. The summed E-state index contributed by atoms with van der Waals surface area (Å²) < 4.78 is 146. The highest BCUT2D eigenvalue weighted by atomic mass is 19.2. The van der Waals surface area contributed by atoms with Gasteiger partial charge in [-0.1, -0.05) is 0 Å². The highest BCUT2D eigenvalue weighted by molar-refractivity contribution is 5.75. The second-order valence-corrected chi connectivity index (χ2v) is 5.27. The number of benzene rings is 1. The van der Waals surface area contributed by atoms with Crippen LogP contribution in [0.3, 0.4) is 0 Å². The fraction of sp³-hybridized carbons (Fsp3) is 0.214. The predicted octanol–water partition coefficient (Wildman–Crippen LogP) is 4.82. The molecule has 0 atom stereocenters. The van der Waals surface area contributed by atoms with Crippen LogP contribution in [0, 0.1) is 29.1 Å². The lowest BCUT2D eigenvalue weighted by atomic mass is 10.0. The minimum absolute atomic E-state index is 0.655. The Labute approximate surface area is 147 Å². The molecular formula is C14H3F10NO3. The van der Waals surface area contributed by atoms with Gasteiger partial charge in [0.05, 0.1) is 0 Å². The van der Waals surface area contributed by atoms with Crippen molar-refractivity contribution in [2.24, 2.45) is 5.16 Å². The van der Waals surface area contributed by atoms with Crippen LogP contribution in [0.25, 0.3) is 0 Å². The average molecular weight is 423 g/mol. The molecule has 1 aliphatic heterocycles. The van der Waals surface area contributed by atoms with Crippen LogP contribution in [0.1, 0.15) is 6.92 Å². The number of nitrogens with zero attached hydrogens (tertiary/aromatic N) is 1. The first-order valence-electron chi connectivity index (χ1n) is 6.82. The van der Waals surface area contributed by atoms with Gasteiger partial charge in [-0.25, -0.2) is 22.0 Å². The van der Waals surface area contributed by atoms with Gasteiger partial charge in [-0.2, -0.15) is 22.0 Å². The minimum atomic E-state index is -5.10.